The van der Waals surface area contributed by atoms with Gasteiger partial charge in [-0.15, -0.1) is 0 Å². The summed E-state index contributed by atoms with van der Waals surface area (Å²) in [6, 6.07) is 4.21. The van der Waals surface area contributed by atoms with E-state index in [1.165, 1.54) is 25.7 Å². The van der Waals surface area contributed by atoms with E-state index < -0.39 is 0 Å². The van der Waals surface area contributed by atoms with Gasteiger partial charge in [0.05, 0.1) is 0 Å². The maximum atomic E-state index is 12.4. The highest BCUT2D eigenvalue weighted by atomic mass is 16.2. The van der Waals surface area contributed by atoms with Crippen molar-refractivity contribution in [1.82, 2.24) is 20.1 Å². The number of aromatic nitrogens is 1. The van der Waals surface area contributed by atoms with Crippen LogP contribution in [0.1, 0.15) is 37.7 Å². The van der Waals surface area contributed by atoms with E-state index in [1.54, 1.807) is 0 Å². The molecule has 0 radical (unpaired) electrons. The smallest absolute Gasteiger partial charge is 0.317 e. The van der Waals surface area contributed by atoms with Crippen molar-refractivity contribution in [3.05, 3.63) is 23.9 Å². The Hall–Kier alpha value is -1.82. The number of carbonyl (C=O) groups is 1. The Balaban J connectivity index is 1.48. The van der Waals surface area contributed by atoms with Crippen LogP contribution in [0.2, 0.25) is 0 Å². The van der Waals surface area contributed by atoms with Crippen molar-refractivity contribution in [3.8, 4) is 0 Å². The SMILES string of the molecule is CN1CCCN(C(=O)NCc2ccc(N3CCCCCC3)nc2)CC1. The monoisotopic (exact) mass is 345 g/mol. The molecule has 0 unspecified atom stereocenters. The zero-order chi connectivity index (χ0) is 17.5. The van der Waals surface area contributed by atoms with Gasteiger partial charge in [-0.2, -0.15) is 0 Å². The summed E-state index contributed by atoms with van der Waals surface area (Å²) in [7, 11) is 2.11. The van der Waals surface area contributed by atoms with Crippen LogP contribution in [0.5, 0.6) is 0 Å². The lowest BCUT2D eigenvalue weighted by molar-refractivity contribution is 0.199. The van der Waals surface area contributed by atoms with Crippen molar-refractivity contribution in [2.24, 2.45) is 0 Å². The largest absolute Gasteiger partial charge is 0.357 e. The Morgan fingerprint density at radius 3 is 2.52 bits per heavy atom. The molecule has 3 rings (SSSR count). The summed E-state index contributed by atoms with van der Waals surface area (Å²) in [5, 5.41) is 3.04. The highest BCUT2D eigenvalue weighted by molar-refractivity contribution is 5.74. The van der Waals surface area contributed by atoms with Crippen molar-refractivity contribution in [3.63, 3.8) is 0 Å². The first-order valence-electron chi connectivity index (χ1n) is 9.63. The number of nitrogens with one attached hydrogen (secondary N) is 1. The summed E-state index contributed by atoms with van der Waals surface area (Å²) in [6.45, 7) is 6.39. The number of pyridine rings is 1. The van der Waals surface area contributed by atoms with E-state index in [0.29, 0.717) is 6.54 Å². The van der Waals surface area contributed by atoms with Gasteiger partial charge < -0.3 is 20.0 Å². The molecule has 1 aromatic rings. The molecule has 3 heterocycles. The summed E-state index contributed by atoms with van der Waals surface area (Å²) in [4.78, 5) is 23.5. The van der Waals surface area contributed by atoms with Crippen molar-refractivity contribution in [2.45, 2.75) is 38.6 Å². The minimum Gasteiger partial charge on any atom is -0.357 e. The van der Waals surface area contributed by atoms with Crippen molar-refractivity contribution in [1.29, 1.82) is 0 Å². The molecule has 0 saturated carbocycles. The van der Waals surface area contributed by atoms with Gasteiger partial charge in [-0.3, -0.25) is 0 Å². The van der Waals surface area contributed by atoms with Crippen LogP contribution in [0.25, 0.3) is 0 Å². The molecule has 0 atom stereocenters. The number of likely N-dealkylation sites (N-methyl/N-ethyl adjacent to an activating group) is 1. The van der Waals surface area contributed by atoms with Crippen LogP contribution < -0.4 is 10.2 Å². The van der Waals surface area contributed by atoms with Crippen LogP contribution in [-0.2, 0) is 6.54 Å². The van der Waals surface area contributed by atoms with Gasteiger partial charge in [0, 0.05) is 45.5 Å². The van der Waals surface area contributed by atoms with E-state index in [2.05, 4.69) is 39.3 Å². The first-order valence-corrected chi connectivity index (χ1v) is 9.63. The number of hydrogen-bond donors (Lipinski definition) is 1. The second-order valence-corrected chi connectivity index (χ2v) is 7.23. The van der Waals surface area contributed by atoms with E-state index >= 15 is 0 Å². The average Bonchev–Trinajstić information content (AvgIpc) is 3.03. The molecule has 25 heavy (non-hydrogen) atoms. The van der Waals surface area contributed by atoms with E-state index in [9.17, 15) is 4.79 Å². The van der Waals surface area contributed by atoms with Gasteiger partial charge in [-0.25, -0.2) is 9.78 Å². The van der Waals surface area contributed by atoms with E-state index in [1.807, 2.05) is 11.1 Å². The minimum absolute atomic E-state index is 0.0342. The van der Waals surface area contributed by atoms with E-state index in [4.69, 9.17) is 0 Å². The van der Waals surface area contributed by atoms with Gasteiger partial charge in [0.25, 0.3) is 0 Å². The molecule has 0 aliphatic carbocycles. The molecule has 0 aromatic carbocycles. The lowest BCUT2D eigenvalue weighted by atomic mass is 10.2. The predicted octanol–water partition coefficient (Wildman–Crippen LogP) is 2.31. The molecule has 6 nitrogen and oxygen atoms in total. The van der Waals surface area contributed by atoms with Gasteiger partial charge in [0.15, 0.2) is 0 Å². The first kappa shape index (κ1) is 18.0. The van der Waals surface area contributed by atoms with Gasteiger partial charge in [0.2, 0.25) is 0 Å². The summed E-state index contributed by atoms with van der Waals surface area (Å²) >= 11 is 0. The van der Waals surface area contributed by atoms with E-state index in [-0.39, 0.29) is 6.03 Å². The summed E-state index contributed by atoms with van der Waals surface area (Å²) in [5.74, 6) is 1.06. The number of hydrogen-bond acceptors (Lipinski definition) is 4. The quantitative estimate of drug-likeness (QED) is 0.913. The predicted molar refractivity (Wildman–Crippen MR) is 101 cm³/mol. The van der Waals surface area contributed by atoms with E-state index in [0.717, 1.165) is 57.1 Å². The third kappa shape index (κ3) is 5.33. The Kier molecular flexibility index (Phi) is 6.50. The molecule has 1 N–H and O–H groups in total. The maximum Gasteiger partial charge on any atom is 0.317 e. The third-order valence-electron chi connectivity index (χ3n) is 5.19. The number of amides is 2. The van der Waals surface area contributed by atoms with Gasteiger partial charge >= 0.3 is 6.03 Å². The zero-order valence-corrected chi connectivity index (χ0v) is 15.4. The fraction of sp³-hybridized carbons (Fsp3) is 0.684. The number of anilines is 1. The second-order valence-electron chi connectivity index (χ2n) is 7.23. The zero-order valence-electron chi connectivity index (χ0n) is 15.4. The van der Waals surface area contributed by atoms with Crippen molar-refractivity contribution < 1.29 is 4.79 Å². The number of carbonyl (C=O) groups excluding carboxylic acids is 1. The molecule has 1 aromatic heterocycles. The van der Waals surface area contributed by atoms with Gasteiger partial charge in [-0.05, 0) is 44.5 Å². The second kappa shape index (κ2) is 9.04. The third-order valence-corrected chi connectivity index (χ3v) is 5.19. The van der Waals surface area contributed by atoms with Crippen LogP contribution in [-0.4, -0.2) is 67.1 Å². The first-order chi connectivity index (χ1) is 12.2. The summed E-state index contributed by atoms with van der Waals surface area (Å²) in [5.41, 5.74) is 1.05. The maximum absolute atomic E-state index is 12.4. The molecule has 2 amide bonds. The normalized spacial score (nSPS) is 20.0. The van der Waals surface area contributed by atoms with Crippen LogP contribution in [0.15, 0.2) is 18.3 Å². The van der Waals surface area contributed by atoms with Gasteiger partial charge in [0.1, 0.15) is 5.82 Å². The fourth-order valence-electron chi connectivity index (χ4n) is 3.55. The highest BCUT2D eigenvalue weighted by Gasteiger charge is 2.17. The summed E-state index contributed by atoms with van der Waals surface area (Å²) < 4.78 is 0. The molecular formula is C19H31N5O. The molecule has 138 valence electrons. The van der Waals surface area contributed by atoms with Crippen LogP contribution in [0, 0.1) is 0 Å². The Labute approximate surface area is 151 Å². The van der Waals surface area contributed by atoms with Crippen LogP contribution in [0.3, 0.4) is 0 Å². The average molecular weight is 345 g/mol. The van der Waals surface area contributed by atoms with Crippen LogP contribution in [0.4, 0.5) is 10.6 Å². The Morgan fingerprint density at radius 1 is 1.00 bits per heavy atom. The van der Waals surface area contributed by atoms with Crippen molar-refractivity contribution >= 4 is 11.8 Å². The summed E-state index contributed by atoms with van der Waals surface area (Å²) in [6.07, 6.45) is 8.10. The molecule has 0 spiro atoms. The Morgan fingerprint density at radius 2 is 1.80 bits per heavy atom. The van der Waals surface area contributed by atoms with Crippen LogP contribution >= 0.6 is 0 Å². The molecule has 6 heteroatoms. The molecule has 2 fully saturated rings. The lowest BCUT2D eigenvalue weighted by Gasteiger charge is -2.22. The standard InChI is InChI=1S/C19H31N5O/c1-22-9-6-12-24(14-13-22)19(25)21-16-17-7-8-18(20-15-17)23-10-4-2-3-5-11-23/h7-8,15H,2-6,9-14,16H2,1H3,(H,21,25). The highest BCUT2D eigenvalue weighted by Crippen LogP contribution is 2.17. The minimum atomic E-state index is 0.0342. The molecule has 0 bridgehead atoms. The molecule has 2 saturated heterocycles. The number of rotatable bonds is 3. The fourth-order valence-corrected chi connectivity index (χ4v) is 3.55. The number of nitrogens with zero attached hydrogens (tertiary/aromatic N) is 4. The topological polar surface area (TPSA) is 51.7 Å². The molecule has 2 aliphatic heterocycles. The Bertz CT molecular complexity index is 539. The molecular weight excluding hydrogens is 314 g/mol. The molecule has 2 aliphatic rings. The lowest BCUT2D eigenvalue weighted by Crippen LogP contribution is -2.41. The van der Waals surface area contributed by atoms with Crippen molar-refractivity contribution in [2.75, 3.05) is 51.2 Å². The number of urea groups is 1. The van der Waals surface area contributed by atoms with Gasteiger partial charge in [-0.1, -0.05) is 18.9 Å².